The van der Waals surface area contributed by atoms with Crippen molar-refractivity contribution in [2.24, 2.45) is 0 Å². The summed E-state index contributed by atoms with van der Waals surface area (Å²) >= 11 is 0. The summed E-state index contributed by atoms with van der Waals surface area (Å²) in [5, 5.41) is 8.82. The van der Waals surface area contributed by atoms with Crippen molar-refractivity contribution in [3.8, 4) is 11.4 Å². The zero-order chi connectivity index (χ0) is 18.4. The average Bonchev–Trinajstić information content (AvgIpc) is 3.12. The van der Waals surface area contributed by atoms with Gasteiger partial charge in [0.25, 0.3) is 5.56 Å². The largest absolute Gasteiger partial charge is 0.333 e. The van der Waals surface area contributed by atoms with Crippen molar-refractivity contribution in [3.05, 3.63) is 70.9 Å². The molecule has 0 radical (unpaired) electrons. The van der Waals surface area contributed by atoms with E-state index >= 15 is 0 Å². The lowest BCUT2D eigenvalue weighted by Crippen LogP contribution is -2.43. The number of rotatable bonds is 4. The Balaban J connectivity index is 1.62. The number of benzene rings is 1. The first-order valence-corrected chi connectivity index (χ1v) is 9.20. The summed E-state index contributed by atoms with van der Waals surface area (Å²) in [6, 6.07) is 8.99. The van der Waals surface area contributed by atoms with Gasteiger partial charge in [-0.05, 0) is 24.0 Å². The fourth-order valence-electron chi connectivity index (χ4n) is 4.46. The molecule has 0 spiro atoms. The van der Waals surface area contributed by atoms with E-state index in [0.29, 0.717) is 29.9 Å². The second-order valence-corrected chi connectivity index (χ2v) is 7.09. The molecule has 7 nitrogen and oxygen atoms in total. The monoisotopic (exact) mass is 360 g/mol. The number of hydrogen-bond donors (Lipinski definition) is 1. The van der Waals surface area contributed by atoms with Crippen molar-refractivity contribution in [1.29, 1.82) is 0 Å². The summed E-state index contributed by atoms with van der Waals surface area (Å²) in [5.74, 6) is 1.82. The van der Waals surface area contributed by atoms with E-state index in [4.69, 9.17) is 0 Å². The molecular weight excluding hydrogens is 340 g/mol. The molecule has 2 bridgehead atoms. The molecule has 136 valence electrons. The number of allylic oxidation sites excluding steroid dienone is 1. The lowest BCUT2D eigenvalue weighted by molar-refractivity contribution is 0.381. The number of piperidine rings is 1. The molecule has 1 saturated heterocycles. The summed E-state index contributed by atoms with van der Waals surface area (Å²) in [6.45, 7) is 5.31. The molecule has 2 atom stereocenters. The van der Waals surface area contributed by atoms with E-state index in [-0.39, 0.29) is 5.56 Å². The number of hydrogen-bond acceptors (Lipinski definition) is 5. The fraction of sp³-hybridized carbons (Fsp3) is 0.300. The van der Waals surface area contributed by atoms with Gasteiger partial charge in [-0.15, -0.1) is 16.8 Å². The van der Waals surface area contributed by atoms with Crippen LogP contribution >= 0.6 is 0 Å². The molecule has 0 saturated carbocycles. The second-order valence-electron chi connectivity index (χ2n) is 7.09. The van der Waals surface area contributed by atoms with Crippen LogP contribution in [0.15, 0.2) is 54.2 Å². The van der Waals surface area contributed by atoms with Crippen LogP contribution in [0.4, 0.5) is 5.95 Å². The number of aromatic nitrogens is 5. The van der Waals surface area contributed by atoms with Crippen molar-refractivity contribution >= 4 is 5.95 Å². The van der Waals surface area contributed by atoms with Crippen LogP contribution in [0.25, 0.3) is 11.4 Å². The molecule has 4 heterocycles. The summed E-state index contributed by atoms with van der Waals surface area (Å²) < 4.78 is 1.96. The van der Waals surface area contributed by atoms with Gasteiger partial charge in [-0.2, -0.15) is 0 Å². The third-order valence-electron chi connectivity index (χ3n) is 5.64. The highest BCUT2D eigenvalue weighted by molar-refractivity contribution is 5.57. The van der Waals surface area contributed by atoms with Crippen LogP contribution in [0.1, 0.15) is 35.9 Å². The minimum absolute atomic E-state index is 0.222. The Morgan fingerprint density at radius 3 is 2.89 bits per heavy atom. The number of aromatic amines is 1. The van der Waals surface area contributed by atoms with Crippen molar-refractivity contribution in [3.63, 3.8) is 0 Å². The molecule has 2 aromatic heterocycles. The standard InChI is InChI=1S/C20H20N6O/c1-2-9-25-18(16-10-21-12-22-19(16)27)23-24-20(25)26-11-13-7-8-17(26)15-6-4-3-5-14(13)15/h2-6,10,12-13,17H,1,7-9,11H2,(H,21,22,27)/t13-,17-/m0/s1. The number of fused-ring (bicyclic) bond motifs is 2. The van der Waals surface area contributed by atoms with Gasteiger partial charge in [-0.1, -0.05) is 30.3 Å². The highest BCUT2D eigenvalue weighted by atomic mass is 16.1. The molecule has 7 heteroatoms. The van der Waals surface area contributed by atoms with Crippen molar-refractivity contribution in [1.82, 2.24) is 24.7 Å². The maximum absolute atomic E-state index is 12.2. The van der Waals surface area contributed by atoms with Crippen molar-refractivity contribution in [2.75, 3.05) is 11.4 Å². The molecule has 0 amide bonds. The highest BCUT2D eigenvalue weighted by Crippen LogP contribution is 2.48. The van der Waals surface area contributed by atoms with Crippen molar-refractivity contribution < 1.29 is 0 Å². The van der Waals surface area contributed by atoms with Crippen LogP contribution in [0.2, 0.25) is 0 Å². The number of nitrogens with one attached hydrogen (secondary N) is 1. The summed E-state index contributed by atoms with van der Waals surface area (Å²) in [5.41, 5.74) is 3.04. The molecule has 27 heavy (non-hydrogen) atoms. The number of anilines is 1. The minimum Gasteiger partial charge on any atom is -0.333 e. The quantitative estimate of drug-likeness (QED) is 0.724. The maximum atomic E-state index is 12.2. The van der Waals surface area contributed by atoms with E-state index in [2.05, 4.69) is 55.9 Å². The molecule has 3 aliphatic rings. The van der Waals surface area contributed by atoms with E-state index in [1.54, 1.807) is 6.08 Å². The third kappa shape index (κ3) is 2.42. The van der Waals surface area contributed by atoms with Gasteiger partial charge in [0.05, 0.1) is 12.4 Å². The molecular formula is C20H20N6O. The van der Waals surface area contributed by atoms with Crippen LogP contribution in [-0.2, 0) is 6.54 Å². The number of H-pyrrole nitrogens is 1. The van der Waals surface area contributed by atoms with E-state index in [9.17, 15) is 4.79 Å². The van der Waals surface area contributed by atoms with Gasteiger partial charge in [-0.25, -0.2) is 4.98 Å². The van der Waals surface area contributed by atoms with E-state index in [1.807, 2.05) is 4.57 Å². The Hall–Kier alpha value is -3.22. The second kappa shape index (κ2) is 6.19. The van der Waals surface area contributed by atoms with E-state index in [1.165, 1.54) is 30.1 Å². The SMILES string of the molecule is C=CCn1c(-c2cnc[nH]c2=O)nnc1N1C[C@@H]2CC[C@H]1c1ccccc12. The molecule has 6 rings (SSSR count). The zero-order valence-corrected chi connectivity index (χ0v) is 14.9. The van der Waals surface area contributed by atoms with Crippen LogP contribution in [0.3, 0.4) is 0 Å². The summed E-state index contributed by atoms with van der Waals surface area (Å²) in [4.78, 5) is 21.2. The predicted octanol–water partition coefficient (Wildman–Crippen LogP) is 2.65. The van der Waals surface area contributed by atoms with Crippen LogP contribution in [0.5, 0.6) is 0 Å². The lowest BCUT2D eigenvalue weighted by atomic mass is 9.75. The van der Waals surface area contributed by atoms with Crippen molar-refractivity contribution in [2.45, 2.75) is 31.3 Å². The fourth-order valence-corrected chi connectivity index (χ4v) is 4.46. The molecule has 1 N–H and O–H groups in total. The molecule has 1 aliphatic carbocycles. The molecule has 1 aromatic carbocycles. The van der Waals surface area contributed by atoms with Gasteiger partial charge in [0, 0.05) is 25.2 Å². The van der Waals surface area contributed by atoms with E-state index in [0.717, 1.165) is 18.9 Å². The summed E-state index contributed by atoms with van der Waals surface area (Å²) in [7, 11) is 0. The molecule has 2 aliphatic heterocycles. The Labute approximate surface area is 156 Å². The highest BCUT2D eigenvalue weighted by Gasteiger charge is 2.40. The third-order valence-corrected chi connectivity index (χ3v) is 5.64. The normalized spacial score (nSPS) is 20.5. The molecule has 3 aromatic rings. The smallest absolute Gasteiger partial charge is 0.261 e. The maximum Gasteiger partial charge on any atom is 0.261 e. The minimum atomic E-state index is -0.222. The predicted molar refractivity (Wildman–Crippen MR) is 103 cm³/mol. The lowest BCUT2D eigenvalue weighted by Gasteiger charge is -2.46. The number of nitrogens with zero attached hydrogens (tertiary/aromatic N) is 5. The first kappa shape index (κ1) is 16.0. The topological polar surface area (TPSA) is 79.7 Å². The Kier molecular flexibility index (Phi) is 3.67. The molecule has 1 fully saturated rings. The van der Waals surface area contributed by atoms with Gasteiger partial charge in [0.15, 0.2) is 5.82 Å². The van der Waals surface area contributed by atoms with Gasteiger partial charge >= 0.3 is 0 Å². The zero-order valence-electron chi connectivity index (χ0n) is 14.9. The Morgan fingerprint density at radius 2 is 2.07 bits per heavy atom. The van der Waals surface area contributed by atoms with Gasteiger partial charge < -0.3 is 9.88 Å². The first-order chi connectivity index (χ1) is 13.3. The van der Waals surface area contributed by atoms with E-state index < -0.39 is 0 Å². The van der Waals surface area contributed by atoms with Gasteiger partial charge in [0.2, 0.25) is 5.95 Å². The first-order valence-electron chi connectivity index (χ1n) is 9.20. The van der Waals surface area contributed by atoms with Gasteiger partial charge in [0.1, 0.15) is 5.56 Å². The summed E-state index contributed by atoms with van der Waals surface area (Å²) in [6.07, 6.45) is 7.01. The molecule has 0 unspecified atom stereocenters. The van der Waals surface area contributed by atoms with Crippen LogP contribution in [0, 0.1) is 0 Å². The Bertz CT molecular complexity index is 1070. The van der Waals surface area contributed by atoms with Gasteiger partial charge in [-0.3, -0.25) is 9.36 Å². The van der Waals surface area contributed by atoms with Crippen LogP contribution < -0.4 is 10.5 Å². The average molecular weight is 360 g/mol. The Morgan fingerprint density at radius 1 is 1.22 bits per heavy atom. The van der Waals surface area contributed by atoms with Crippen LogP contribution in [-0.4, -0.2) is 31.3 Å².